The van der Waals surface area contributed by atoms with Gasteiger partial charge in [-0.3, -0.25) is 4.79 Å². The van der Waals surface area contributed by atoms with Gasteiger partial charge in [-0.05, 0) is 50.0 Å². The Morgan fingerprint density at radius 3 is 2.16 bits per heavy atom. The minimum Gasteiger partial charge on any atom is -0.508 e. The van der Waals surface area contributed by atoms with E-state index in [1.807, 2.05) is 12.1 Å². The summed E-state index contributed by atoms with van der Waals surface area (Å²) in [4.78, 5) is 21.6. The molecule has 7 nitrogen and oxygen atoms in total. The van der Waals surface area contributed by atoms with Crippen LogP contribution in [-0.4, -0.2) is 64.0 Å². The molecule has 0 saturated heterocycles. The van der Waals surface area contributed by atoms with Gasteiger partial charge in [0.1, 0.15) is 5.75 Å². The number of carboxylic acids is 2. The summed E-state index contributed by atoms with van der Waals surface area (Å²) >= 11 is 0. The van der Waals surface area contributed by atoms with Crippen LogP contribution in [0.15, 0.2) is 24.3 Å². The lowest BCUT2D eigenvalue weighted by Crippen LogP contribution is -2.24. The maximum Gasteiger partial charge on any atom is 0.333 e. The van der Waals surface area contributed by atoms with Crippen LogP contribution in [0.5, 0.6) is 5.75 Å². The van der Waals surface area contributed by atoms with E-state index < -0.39 is 24.5 Å². The fraction of sp³-hybridized carbons (Fsp3) is 0.556. The Kier molecular flexibility index (Phi) is 10.5. The van der Waals surface area contributed by atoms with Crippen LogP contribution in [0.25, 0.3) is 0 Å². The molecule has 0 saturated carbocycles. The van der Waals surface area contributed by atoms with Crippen LogP contribution in [0, 0.1) is 5.92 Å². The smallest absolute Gasteiger partial charge is 0.333 e. The van der Waals surface area contributed by atoms with Gasteiger partial charge in [-0.15, -0.1) is 0 Å². The summed E-state index contributed by atoms with van der Waals surface area (Å²) < 4.78 is 0. The highest BCUT2D eigenvalue weighted by molar-refractivity contribution is 5.79. The molecule has 0 aliphatic rings. The minimum absolute atomic E-state index is 0.369. The fourth-order valence-electron chi connectivity index (χ4n) is 2.68. The standard InChI is InChI=1S/C14H23NO.C4H6O5/c1-5-14(11(2)10-15(3)4)12-7-6-8-13(16)9-12;5-2(4(8)9)1-3(6)7/h6-9,11,14,16H,5,10H2,1-4H3;2,5H,1H2,(H,6,7)(H,8,9)/t11-,14+;/m0./s1. The number of carbonyl (C=O) groups is 2. The number of carboxylic acid groups (broad SMARTS) is 2. The molecule has 1 aromatic rings. The molecule has 0 aromatic heterocycles. The number of aliphatic hydroxyl groups excluding tert-OH is 1. The lowest BCUT2D eigenvalue weighted by Gasteiger charge is -2.26. The molecule has 25 heavy (non-hydrogen) atoms. The summed E-state index contributed by atoms with van der Waals surface area (Å²) in [6.45, 7) is 5.56. The lowest BCUT2D eigenvalue weighted by atomic mass is 9.85. The first-order valence-electron chi connectivity index (χ1n) is 8.14. The Hall–Kier alpha value is -2.12. The number of phenolic OH excluding ortho intramolecular Hbond substituents is 1. The molecule has 4 N–H and O–H groups in total. The summed E-state index contributed by atoms with van der Waals surface area (Å²) in [6, 6.07) is 7.66. The van der Waals surface area contributed by atoms with E-state index in [1.165, 1.54) is 5.56 Å². The monoisotopic (exact) mass is 355 g/mol. The number of nitrogens with zero attached hydrogens (tertiary/aromatic N) is 1. The molecule has 0 radical (unpaired) electrons. The molecule has 1 unspecified atom stereocenters. The first kappa shape index (κ1) is 22.9. The molecule has 0 heterocycles. The van der Waals surface area contributed by atoms with Gasteiger partial charge in [-0.25, -0.2) is 4.79 Å². The van der Waals surface area contributed by atoms with Crippen molar-refractivity contribution >= 4 is 11.9 Å². The zero-order valence-electron chi connectivity index (χ0n) is 15.2. The van der Waals surface area contributed by atoms with Crippen molar-refractivity contribution in [2.45, 2.75) is 38.7 Å². The van der Waals surface area contributed by atoms with Gasteiger partial charge in [0.25, 0.3) is 0 Å². The van der Waals surface area contributed by atoms with Crippen molar-refractivity contribution in [3.63, 3.8) is 0 Å². The van der Waals surface area contributed by atoms with Crippen LogP contribution < -0.4 is 0 Å². The number of aliphatic hydroxyl groups is 1. The number of aromatic hydroxyl groups is 1. The normalized spacial score (nSPS) is 14.2. The number of phenols is 1. The van der Waals surface area contributed by atoms with Gasteiger partial charge in [-0.1, -0.05) is 26.0 Å². The third-order valence-corrected chi connectivity index (χ3v) is 3.73. The largest absolute Gasteiger partial charge is 0.508 e. The Morgan fingerprint density at radius 2 is 1.80 bits per heavy atom. The van der Waals surface area contributed by atoms with E-state index in [0.29, 0.717) is 17.6 Å². The predicted octanol–water partition coefficient (Wildman–Crippen LogP) is 1.99. The SMILES string of the molecule is CC[C@@H](c1cccc(O)c1)[C@@H](C)CN(C)C.O=C(O)CC(O)C(=O)O. The zero-order valence-corrected chi connectivity index (χ0v) is 15.2. The molecule has 142 valence electrons. The molecule has 0 bridgehead atoms. The first-order valence-corrected chi connectivity index (χ1v) is 8.14. The second-order valence-electron chi connectivity index (χ2n) is 6.30. The third kappa shape index (κ3) is 9.69. The second kappa shape index (κ2) is 11.4. The highest BCUT2D eigenvalue weighted by atomic mass is 16.4. The van der Waals surface area contributed by atoms with Crippen molar-refractivity contribution in [2.75, 3.05) is 20.6 Å². The van der Waals surface area contributed by atoms with Crippen molar-refractivity contribution in [3.8, 4) is 5.75 Å². The number of rotatable bonds is 8. The Bertz CT molecular complexity index is 546. The maximum absolute atomic E-state index is 9.72. The highest BCUT2D eigenvalue weighted by Gasteiger charge is 2.18. The van der Waals surface area contributed by atoms with Gasteiger partial charge in [0.15, 0.2) is 6.10 Å². The van der Waals surface area contributed by atoms with Crippen LogP contribution in [0.4, 0.5) is 0 Å². The van der Waals surface area contributed by atoms with Crippen LogP contribution in [-0.2, 0) is 9.59 Å². The van der Waals surface area contributed by atoms with Crippen molar-refractivity contribution < 1.29 is 30.0 Å². The third-order valence-electron chi connectivity index (χ3n) is 3.73. The molecule has 0 aliphatic carbocycles. The molecule has 0 spiro atoms. The van der Waals surface area contributed by atoms with Crippen LogP contribution in [0.1, 0.15) is 38.2 Å². The van der Waals surface area contributed by atoms with Crippen molar-refractivity contribution in [2.24, 2.45) is 5.92 Å². The minimum atomic E-state index is -1.79. The van der Waals surface area contributed by atoms with E-state index >= 15 is 0 Å². The van der Waals surface area contributed by atoms with Gasteiger partial charge < -0.3 is 25.3 Å². The van der Waals surface area contributed by atoms with E-state index in [9.17, 15) is 14.7 Å². The molecular formula is C18H29NO6. The van der Waals surface area contributed by atoms with E-state index in [2.05, 4.69) is 38.9 Å². The molecule has 3 atom stereocenters. The first-order chi connectivity index (χ1) is 11.6. The summed E-state index contributed by atoms with van der Waals surface area (Å²) in [5.41, 5.74) is 1.25. The Balaban J connectivity index is 0.000000547. The quantitative estimate of drug-likeness (QED) is 0.563. The number of benzene rings is 1. The molecule has 7 heteroatoms. The van der Waals surface area contributed by atoms with Gasteiger partial charge in [0, 0.05) is 6.54 Å². The maximum atomic E-state index is 9.72. The van der Waals surface area contributed by atoms with E-state index in [1.54, 1.807) is 6.07 Å². The summed E-state index contributed by atoms with van der Waals surface area (Å²) in [6.07, 6.45) is -1.43. The van der Waals surface area contributed by atoms with E-state index in [0.717, 1.165) is 13.0 Å². The molecule has 0 fully saturated rings. The van der Waals surface area contributed by atoms with Crippen LogP contribution in [0.3, 0.4) is 0 Å². The number of hydrogen-bond donors (Lipinski definition) is 4. The average Bonchev–Trinajstić information content (AvgIpc) is 2.47. The average molecular weight is 355 g/mol. The molecular weight excluding hydrogens is 326 g/mol. The number of hydrogen-bond acceptors (Lipinski definition) is 5. The highest BCUT2D eigenvalue weighted by Crippen LogP contribution is 2.30. The topological polar surface area (TPSA) is 118 Å². The molecule has 0 amide bonds. The van der Waals surface area contributed by atoms with Gasteiger partial charge in [-0.2, -0.15) is 0 Å². The summed E-state index contributed by atoms with van der Waals surface area (Å²) in [5, 5.41) is 33.7. The number of aliphatic carboxylic acids is 2. The van der Waals surface area contributed by atoms with Gasteiger partial charge >= 0.3 is 11.9 Å². The van der Waals surface area contributed by atoms with Crippen molar-refractivity contribution in [1.29, 1.82) is 0 Å². The van der Waals surface area contributed by atoms with Crippen molar-refractivity contribution in [1.82, 2.24) is 4.90 Å². The molecule has 0 aliphatic heterocycles. The van der Waals surface area contributed by atoms with Gasteiger partial charge in [0.05, 0.1) is 6.42 Å². The van der Waals surface area contributed by atoms with Gasteiger partial charge in [0.2, 0.25) is 0 Å². The molecule has 1 rings (SSSR count). The van der Waals surface area contributed by atoms with Crippen LogP contribution in [0.2, 0.25) is 0 Å². The Labute approximate surface area is 148 Å². The predicted molar refractivity (Wildman–Crippen MR) is 94.8 cm³/mol. The zero-order chi connectivity index (χ0) is 19.6. The fourth-order valence-corrected chi connectivity index (χ4v) is 2.68. The second-order valence-corrected chi connectivity index (χ2v) is 6.30. The van der Waals surface area contributed by atoms with E-state index in [4.69, 9.17) is 15.3 Å². The van der Waals surface area contributed by atoms with Crippen molar-refractivity contribution in [3.05, 3.63) is 29.8 Å². The van der Waals surface area contributed by atoms with E-state index in [-0.39, 0.29) is 0 Å². The summed E-state index contributed by atoms with van der Waals surface area (Å²) in [7, 11) is 4.21. The van der Waals surface area contributed by atoms with Crippen LogP contribution >= 0.6 is 0 Å². The Morgan fingerprint density at radius 1 is 1.20 bits per heavy atom. The summed E-state index contributed by atoms with van der Waals surface area (Å²) in [5.74, 6) is -1.35. The lowest BCUT2D eigenvalue weighted by molar-refractivity contribution is -0.152. The molecule has 1 aromatic carbocycles.